The van der Waals surface area contributed by atoms with Gasteiger partial charge in [0.15, 0.2) is 6.61 Å². The van der Waals surface area contributed by atoms with Crippen molar-refractivity contribution in [3.05, 3.63) is 28.2 Å². The van der Waals surface area contributed by atoms with E-state index in [0.29, 0.717) is 4.47 Å². The number of alkyl carbamates (subject to hydrolysis) is 1. The maximum atomic E-state index is 13.5. The molecule has 0 bridgehead atoms. The van der Waals surface area contributed by atoms with Crippen LogP contribution in [-0.4, -0.2) is 23.7 Å². The van der Waals surface area contributed by atoms with Crippen molar-refractivity contribution in [2.45, 2.75) is 12.0 Å². The van der Waals surface area contributed by atoms with Crippen molar-refractivity contribution in [1.29, 1.82) is 0 Å². The second-order valence-electron chi connectivity index (χ2n) is 3.62. The van der Waals surface area contributed by atoms with Gasteiger partial charge >= 0.3 is 12.0 Å². The van der Waals surface area contributed by atoms with Crippen LogP contribution in [0.2, 0.25) is 0 Å². The van der Waals surface area contributed by atoms with Gasteiger partial charge in [-0.25, -0.2) is 13.6 Å². The molecule has 18 heavy (non-hydrogen) atoms. The van der Waals surface area contributed by atoms with Crippen molar-refractivity contribution in [2.75, 3.05) is 6.61 Å². The zero-order valence-electron chi connectivity index (χ0n) is 8.82. The van der Waals surface area contributed by atoms with E-state index in [0.717, 1.165) is 0 Å². The van der Waals surface area contributed by atoms with Crippen molar-refractivity contribution in [2.24, 2.45) is 0 Å². The third-order valence-electron chi connectivity index (χ3n) is 2.38. The number of aromatic hydroxyl groups is 1. The van der Waals surface area contributed by atoms with Gasteiger partial charge in [-0.15, -0.1) is 12.4 Å². The maximum absolute atomic E-state index is 13.5. The Balaban J connectivity index is 0.00000162. The van der Waals surface area contributed by atoms with Crippen LogP contribution in [0.4, 0.5) is 13.6 Å². The summed E-state index contributed by atoms with van der Waals surface area (Å²) in [5, 5.41) is 11.6. The Hall–Kier alpha value is -1.08. The number of ether oxygens (including phenoxy) is 1. The van der Waals surface area contributed by atoms with Crippen LogP contribution < -0.4 is 5.32 Å². The molecule has 1 saturated heterocycles. The molecule has 1 atom stereocenters. The van der Waals surface area contributed by atoms with E-state index in [9.17, 15) is 18.7 Å². The number of halogens is 4. The molecule has 0 radical (unpaired) electrons. The van der Waals surface area contributed by atoms with Crippen molar-refractivity contribution in [1.82, 2.24) is 5.32 Å². The molecule has 0 saturated carbocycles. The van der Waals surface area contributed by atoms with E-state index in [-0.39, 0.29) is 23.7 Å². The average molecular weight is 345 g/mol. The van der Waals surface area contributed by atoms with Gasteiger partial charge in [0.1, 0.15) is 11.8 Å². The van der Waals surface area contributed by atoms with Crippen LogP contribution in [0.1, 0.15) is 11.6 Å². The first-order chi connectivity index (χ1) is 7.90. The summed E-state index contributed by atoms with van der Waals surface area (Å²) >= 11 is 3.10. The molecule has 0 spiro atoms. The van der Waals surface area contributed by atoms with Gasteiger partial charge in [-0.1, -0.05) is 22.0 Å². The summed E-state index contributed by atoms with van der Waals surface area (Å²) in [6, 6.07) is 2.53. The quantitative estimate of drug-likeness (QED) is 0.823. The maximum Gasteiger partial charge on any atom is 0.408 e. The molecule has 2 rings (SSSR count). The summed E-state index contributed by atoms with van der Waals surface area (Å²) in [5.74, 6) is -3.58. The number of rotatable bonds is 1. The van der Waals surface area contributed by atoms with Crippen LogP contribution in [0.15, 0.2) is 22.7 Å². The summed E-state index contributed by atoms with van der Waals surface area (Å²) in [6.07, 6.45) is -0.928. The molecule has 1 aliphatic heterocycles. The molecule has 1 heterocycles. The van der Waals surface area contributed by atoms with Gasteiger partial charge < -0.3 is 15.2 Å². The minimum absolute atomic E-state index is 0. The Bertz CT molecular complexity index is 472. The normalized spacial score (nSPS) is 21.5. The summed E-state index contributed by atoms with van der Waals surface area (Å²) < 4.78 is 31.9. The van der Waals surface area contributed by atoms with Crippen LogP contribution in [0.3, 0.4) is 0 Å². The highest BCUT2D eigenvalue weighted by Crippen LogP contribution is 2.38. The number of alkyl halides is 2. The number of nitrogens with one attached hydrogen (secondary N) is 1. The second-order valence-corrected chi connectivity index (χ2v) is 4.53. The number of hydrogen-bond acceptors (Lipinski definition) is 3. The minimum Gasteiger partial charge on any atom is -0.508 e. The number of benzene rings is 1. The van der Waals surface area contributed by atoms with E-state index in [4.69, 9.17) is 0 Å². The van der Waals surface area contributed by atoms with E-state index in [1.165, 1.54) is 18.2 Å². The second kappa shape index (κ2) is 5.27. The van der Waals surface area contributed by atoms with Crippen LogP contribution in [0.5, 0.6) is 5.75 Å². The highest BCUT2D eigenvalue weighted by molar-refractivity contribution is 9.10. The Labute approximate surface area is 116 Å². The van der Waals surface area contributed by atoms with Gasteiger partial charge in [0.25, 0.3) is 0 Å². The van der Waals surface area contributed by atoms with Crippen molar-refractivity contribution in [3.8, 4) is 5.75 Å². The minimum atomic E-state index is -3.26. The van der Waals surface area contributed by atoms with E-state index in [1.807, 2.05) is 5.32 Å². The molecule has 0 unspecified atom stereocenters. The fourth-order valence-electron chi connectivity index (χ4n) is 1.58. The van der Waals surface area contributed by atoms with Crippen LogP contribution in [0, 0.1) is 0 Å². The summed E-state index contributed by atoms with van der Waals surface area (Å²) in [5.41, 5.74) is -0.0464. The first kappa shape index (κ1) is 15.0. The van der Waals surface area contributed by atoms with Gasteiger partial charge in [0.05, 0.1) is 0 Å². The number of phenolic OH excluding ortho intramolecular Hbond substituents is 1. The molecule has 4 nitrogen and oxygen atoms in total. The first-order valence-corrected chi connectivity index (χ1v) is 5.49. The molecule has 2 N–H and O–H groups in total. The fraction of sp³-hybridized carbons (Fsp3) is 0.300. The molecule has 1 aliphatic rings. The van der Waals surface area contributed by atoms with Gasteiger partial charge in [0.2, 0.25) is 0 Å². The molecule has 100 valence electrons. The Morgan fingerprint density at radius 1 is 1.50 bits per heavy atom. The predicted molar refractivity (Wildman–Crippen MR) is 65.2 cm³/mol. The number of hydrogen-bond donors (Lipinski definition) is 2. The summed E-state index contributed by atoms with van der Waals surface area (Å²) in [4.78, 5) is 11.0. The van der Waals surface area contributed by atoms with Crippen LogP contribution in [0.25, 0.3) is 0 Å². The van der Waals surface area contributed by atoms with E-state index in [1.54, 1.807) is 0 Å². The lowest BCUT2D eigenvalue weighted by Crippen LogP contribution is -2.49. The lowest BCUT2D eigenvalue weighted by atomic mass is 9.99. The van der Waals surface area contributed by atoms with E-state index in [2.05, 4.69) is 20.7 Å². The van der Waals surface area contributed by atoms with Crippen molar-refractivity contribution in [3.63, 3.8) is 0 Å². The third-order valence-corrected chi connectivity index (χ3v) is 2.88. The monoisotopic (exact) mass is 343 g/mol. The van der Waals surface area contributed by atoms with Crippen molar-refractivity contribution >= 4 is 34.4 Å². The molecule has 8 heteroatoms. The smallest absolute Gasteiger partial charge is 0.408 e. The number of carbonyl (C=O) groups is 1. The highest BCUT2D eigenvalue weighted by atomic mass is 79.9. The Morgan fingerprint density at radius 2 is 2.17 bits per heavy atom. The van der Waals surface area contributed by atoms with E-state index >= 15 is 0 Å². The predicted octanol–water partition coefficient (Wildman–Crippen LogP) is 2.99. The summed E-state index contributed by atoms with van der Waals surface area (Å²) in [7, 11) is 0. The highest BCUT2D eigenvalue weighted by Gasteiger charge is 2.47. The molecular formula is C10H9BrClF2NO3. The van der Waals surface area contributed by atoms with Gasteiger partial charge in [-0.3, -0.25) is 0 Å². The third kappa shape index (κ3) is 2.84. The Kier molecular flexibility index (Phi) is 4.39. The topological polar surface area (TPSA) is 58.6 Å². The lowest BCUT2D eigenvalue weighted by Gasteiger charge is -2.32. The molecule has 1 fully saturated rings. The Morgan fingerprint density at radius 3 is 2.78 bits per heavy atom. The van der Waals surface area contributed by atoms with Crippen molar-refractivity contribution < 1.29 is 23.4 Å². The standard InChI is InChI=1S/C10H8BrF2NO3.ClH/c11-5-1-2-6(7(15)3-5)8-10(12,13)4-17-9(16)14-8;/h1-3,8,15H,4H2,(H,14,16);1H/t8-;/m1./s1. The number of amides is 1. The molecule has 1 amide bonds. The molecule has 1 aromatic carbocycles. The average Bonchev–Trinajstić information content (AvgIpc) is 2.23. The number of carbonyl (C=O) groups excluding carboxylic acids is 1. The zero-order valence-corrected chi connectivity index (χ0v) is 11.2. The molecule has 0 aliphatic carbocycles. The van der Waals surface area contributed by atoms with Crippen LogP contribution in [-0.2, 0) is 4.74 Å². The fourth-order valence-corrected chi connectivity index (χ4v) is 1.93. The van der Waals surface area contributed by atoms with Gasteiger partial charge in [-0.05, 0) is 12.1 Å². The van der Waals surface area contributed by atoms with Gasteiger partial charge in [-0.2, -0.15) is 0 Å². The molecule has 1 aromatic rings. The zero-order chi connectivity index (χ0) is 12.6. The molecule has 0 aromatic heterocycles. The largest absolute Gasteiger partial charge is 0.508 e. The van der Waals surface area contributed by atoms with E-state index < -0.39 is 24.7 Å². The van der Waals surface area contributed by atoms with Crippen LogP contribution >= 0.6 is 28.3 Å². The van der Waals surface area contributed by atoms with Gasteiger partial charge in [0, 0.05) is 10.0 Å². The SMILES string of the molecule is Cl.O=C1N[C@H](c2ccc(Br)cc2O)C(F)(F)CO1. The summed E-state index contributed by atoms with van der Waals surface area (Å²) in [6.45, 7) is -1.00. The lowest BCUT2D eigenvalue weighted by molar-refractivity contribution is -0.104. The first-order valence-electron chi connectivity index (χ1n) is 4.70. The number of cyclic esters (lactones) is 1. The number of phenols is 1. The molecular weight excluding hydrogens is 335 g/mol.